The average Bonchev–Trinajstić information content (AvgIpc) is 2.98. The van der Waals surface area contributed by atoms with Gasteiger partial charge < -0.3 is 14.6 Å². The number of likely N-dealkylation sites (N-methyl/N-ethyl adjacent to an activating group) is 1. The maximum atomic E-state index is 9.31. The summed E-state index contributed by atoms with van der Waals surface area (Å²) < 4.78 is 2.40. The number of para-hydroxylation sites is 1. The standard InChI is InChI=1S/C22H29N3O/c1-3-25-21-7-5-4-6-19(21)20-14-17(8-9-22(20)25)15-24-12-11-23(2)18(16-24)10-13-26/h4-9,14,18,26H,3,10-13,15-16H2,1-2H3. The molecule has 0 saturated carbocycles. The summed E-state index contributed by atoms with van der Waals surface area (Å²) in [5.41, 5.74) is 4.03. The quantitative estimate of drug-likeness (QED) is 0.765. The number of fused-ring (bicyclic) bond motifs is 3. The van der Waals surface area contributed by atoms with Gasteiger partial charge in [0.15, 0.2) is 0 Å². The fraction of sp³-hybridized carbons (Fsp3) is 0.455. The van der Waals surface area contributed by atoms with Gasteiger partial charge in [-0.3, -0.25) is 4.90 Å². The first-order valence-electron chi connectivity index (χ1n) is 9.74. The lowest BCUT2D eigenvalue weighted by Gasteiger charge is -2.39. The molecule has 3 aromatic rings. The largest absolute Gasteiger partial charge is 0.396 e. The summed E-state index contributed by atoms with van der Waals surface area (Å²) in [5, 5.41) is 12.0. The van der Waals surface area contributed by atoms with E-state index in [-0.39, 0.29) is 6.61 Å². The van der Waals surface area contributed by atoms with Crippen molar-refractivity contribution in [2.75, 3.05) is 33.3 Å². The van der Waals surface area contributed by atoms with Gasteiger partial charge in [-0.2, -0.15) is 0 Å². The third kappa shape index (κ3) is 3.13. The first kappa shape index (κ1) is 17.5. The minimum Gasteiger partial charge on any atom is -0.396 e. The van der Waals surface area contributed by atoms with Crippen molar-refractivity contribution in [3.05, 3.63) is 48.0 Å². The molecule has 4 nitrogen and oxygen atoms in total. The monoisotopic (exact) mass is 351 g/mol. The van der Waals surface area contributed by atoms with Gasteiger partial charge in [-0.1, -0.05) is 24.3 Å². The molecule has 1 aliphatic rings. The van der Waals surface area contributed by atoms with Crippen molar-refractivity contribution in [1.29, 1.82) is 0 Å². The number of benzene rings is 2. The van der Waals surface area contributed by atoms with E-state index < -0.39 is 0 Å². The highest BCUT2D eigenvalue weighted by Gasteiger charge is 2.23. The molecule has 1 unspecified atom stereocenters. The average molecular weight is 351 g/mol. The highest BCUT2D eigenvalue weighted by Crippen LogP contribution is 2.30. The van der Waals surface area contributed by atoms with Gasteiger partial charge in [0, 0.05) is 67.2 Å². The molecule has 0 spiro atoms. The van der Waals surface area contributed by atoms with Crippen molar-refractivity contribution in [2.45, 2.75) is 32.5 Å². The van der Waals surface area contributed by atoms with Gasteiger partial charge in [0.2, 0.25) is 0 Å². The predicted molar refractivity (Wildman–Crippen MR) is 109 cm³/mol. The Kier molecular flexibility index (Phi) is 4.98. The third-order valence-corrected chi connectivity index (χ3v) is 5.88. The third-order valence-electron chi connectivity index (χ3n) is 5.88. The van der Waals surface area contributed by atoms with Gasteiger partial charge in [-0.15, -0.1) is 0 Å². The van der Waals surface area contributed by atoms with Crippen molar-refractivity contribution in [3.63, 3.8) is 0 Å². The number of aromatic nitrogens is 1. The maximum absolute atomic E-state index is 9.31. The summed E-state index contributed by atoms with van der Waals surface area (Å²) in [5.74, 6) is 0. The molecule has 0 radical (unpaired) electrons. The predicted octanol–water partition coefficient (Wildman–Crippen LogP) is 3.31. The van der Waals surface area contributed by atoms with E-state index in [2.05, 4.69) is 70.8 Å². The zero-order valence-corrected chi connectivity index (χ0v) is 15.9. The van der Waals surface area contributed by atoms with Crippen LogP contribution in [0.15, 0.2) is 42.5 Å². The Morgan fingerprint density at radius 3 is 2.65 bits per heavy atom. The summed E-state index contributed by atoms with van der Waals surface area (Å²) in [4.78, 5) is 4.91. The van der Waals surface area contributed by atoms with Crippen LogP contribution in [0.1, 0.15) is 18.9 Å². The fourth-order valence-electron chi connectivity index (χ4n) is 4.41. The van der Waals surface area contributed by atoms with Crippen LogP contribution in [0, 0.1) is 0 Å². The molecule has 2 heterocycles. The second-order valence-corrected chi connectivity index (χ2v) is 7.49. The Hall–Kier alpha value is -1.88. The van der Waals surface area contributed by atoms with Crippen molar-refractivity contribution in [1.82, 2.24) is 14.4 Å². The lowest BCUT2D eigenvalue weighted by atomic mass is 10.1. The summed E-state index contributed by atoms with van der Waals surface area (Å²) in [7, 11) is 2.17. The Morgan fingerprint density at radius 2 is 1.85 bits per heavy atom. The normalized spacial score (nSPS) is 19.6. The van der Waals surface area contributed by atoms with E-state index in [0.717, 1.165) is 39.1 Å². The lowest BCUT2D eigenvalue weighted by molar-refractivity contribution is 0.0743. The molecule has 0 aliphatic carbocycles. The minimum absolute atomic E-state index is 0.269. The van der Waals surface area contributed by atoms with Crippen LogP contribution in [0.25, 0.3) is 21.8 Å². The van der Waals surface area contributed by atoms with Crippen molar-refractivity contribution in [3.8, 4) is 0 Å². The van der Waals surface area contributed by atoms with Crippen LogP contribution in [0.4, 0.5) is 0 Å². The smallest absolute Gasteiger partial charge is 0.0491 e. The number of rotatable bonds is 5. The lowest BCUT2D eigenvalue weighted by Crippen LogP contribution is -2.51. The second-order valence-electron chi connectivity index (χ2n) is 7.49. The number of aryl methyl sites for hydroxylation is 1. The summed E-state index contributed by atoms with van der Waals surface area (Å²) in [6, 6.07) is 16.1. The van der Waals surface area contributed by atoms with E-state index >= 15 is 0 Å². The first-order chi connectivity index (χ1) is 12.7. The van der Waals surface area contributed by atoms with Crippen LogP contribution >= 0.6 is 0 Å². The molecule has 138 valence electrons. The molecule has 1 atom stereocenters. The molecule has 1 aliphatic heterocycles. The first-order valence-corrected chi connectivity index (χ1v) is 9.74. The molecule has 0 amide bonds. The van der Waals surface area contributed by atoms with Crippen molar-refractivity contribution < 1.29 is 5.11 Å². The Labute approximate surface area is 155 Å². The molecule has 1 saturated heterocycles. The zero-order chi connectivity index (χ0) is 18.1. The van der Waals surface area contributed by atoms with E-state index in [0.29, 0.717) is 6.04 Å². The van der Waals surface area contributed by atoms with Gasteiger partial charge in [-0.25, -0.2) is 0 Å². The molecule has 1 fully saturated rings. The number of piperazine rings is 1. The molecule has 1 aromatic heterocycles. The van der Waals surface area contributed by atoms with Gasteiger partial charge >= 0.3 is 0 Å². The van der Waals surface area contributed by atoms with E-state index in [9.17, 15) is 5.11 Å². The van der Waals surface area contributed by atoms with Gasteiger partial charge in [-0.05, 0) is 44.2 Å². The van der Waals surface area contributed by atoms with Crippen LogP contribution in [-0.2, 0) is 13.1 Å². The fourth-order valence-corrected chi connectivity index (χ4v) is 4.41. The maximum Gasteiger partial charge on any atom is 0.0491 e. The number of aliphatic hydroxyl groups excluding tert-OH is 1. The molecule has 2 aromatic carbocycles. The highest BCUT2D eigenvalue weighted by atomic mass is 16.3. The van der Waals surface area contributed by atoms with E-state index in [1.165, 1.54) is 27.4 Å². The second kappa shape index (κ2) is 7.39. The number of nitrogens with zero attached hydrogens (tertiary/aromatic N) is 3. The van der Waals surface area contributed by atoms with Gasteiger partial charge in [0.05, 0.1) is 0 Å². The SMILES string of the molecule is CCn1c2ccccc2c2cc(CN3CCN(C)C(CCO)C3)ccc21. The van der Waals surface area contributed by atoms with E-state index in [1.807, 2.05) is 0 Å². The number of hydrogen-bond donors (Lipinski definition) is 1. The van der Waals surface area contributed by atoms with E-state index in [4.69, 9.17) is 0 Å². The number of aliphatic hydroxyl groups is 1. The summed E-state index contributed by atoms with van der Waals surface area (Å²) in [6.07, 6.45) is 0.857. The van der Waals surface area contributed by atoms with Crippen LogP contribution < -0.4 is 0 Å². The van der Waals surface area contributed by atoms with Crippen molar-refractivity contribution >= 4 is 21.8 Å². The highest BCUT2D eigenvalue weighted by molar-refractivity contribution is 6.08. The summed E-state index contributed by atoms with van der Waals surface area (Å²) in [6.45, 7) is 7.65. The Bertz CT molecular complexity index is 901. The zero-order valence-electron chi connectivity index (χ0n) is 15.9. The topological polar surface area (TPSA) is 31.6 Å². The minimum atomic E-state index is 0.269. The molecule has 0 bridgehead atoms. The molecule has 1 N–H and O–H groups in total. The van der Waals surface area contributed by atoms with Crippen molar-refractivity contribution in [2.24, 2.45) is 0 Å². The molecule has 26 heavy (non-hydrogen) atoms. The molecule has 4 heteroatoms. The molecular weight excluding hydrogens is 322 g/mol. The van der Waals surface area contributed by atoms with Crippen LogP contribution in [0.3, 0.4) is 0 Å². The Balaban J connectivity index is 1.63. The van der Waals surface area contributed by atoms with Crippen LogP contribution in [0.2, 0.25) is 0 Å². The van der Waals surface area contributed by atoms with Gasteiger partial charge in [0.1, 0.15) is 0 Å². The van der Waals surface area contributed by atoms with E-state index in [1.54, 1.807) is 0 Å². The number of hydrogen-bond acceptors (Lipinski definition) is 3. The molecule has 4 rings (SSSR count). The van der Waals surface area contributed by atoms with Crippen LogP contribution in [-0.4, -0.2) is 58.8 Å². The molecular formula is C22H29N3O. The summed E-state index contributed by atoms with van der Waals surface area (Å²) >= 11 is 0. The Morgan fingerprint density at radius 1 is 1.04 bits per heavy atom. The van der Waals surface area contributed by atoms with Gasteiger partial charge in [0.25, 0.3) is 0 Å². The van der Waals surface area contributed by atoms with Crippen LogP contribution in [0.5, 0.6) is 0 Å².